The normalized spacial score (nSPS) is 12.5. The zero-order chi connectivity index (χ0) is 22.3. The number of ether oxygens (including phenoxy) is 3. The third kappa shape index (κ3) is 7.27. The van der Waals surface area contributed by atoms with Crippen LogP contribution >= 0.6 is 15.9 Å². The second kappa shape index (κ2) is 11.1. The average molecular weight is 470 g/mol. The summed E-state index contributed by atoms with van der Waals surface area (Å²) in [5.74, 6) is -2.14. The van der Waals surface area contributed by atoms with Crippen LogP contribution in [-0.4, -0.2) is 37.3 Å². The SMILES string of the molecule is COC(=O)C(N=Cc1cc(Br)cc(OC(=O)C(C)C)c1OC(=O)C(C)C)C(C)C. The number of halogens is 1. The highest BCUT2D eigenvalue weighted by atomic mass is 79.9. The van der Waals surface area contributed by atoms with Crippen molar-refractivity contribution in [1.82, 2.24) is 0 Å². The molecular weight excluding hydrogens is 442 g/mol. The van der Waals surface area contributed by atoms with Gasteiger partial charge in [-0.05, 0) is 18.1 Å². The lowest BCUT2D eigenvalue weighted by molar-refractivity contribution is -0.143. The number of rotatable bonds is 8. The van der Waals surface area contributed by atoms with Crippen molar-refractivity contribution in [3.05, 3.63) is 22.2 Å². The number of hydrogen-bond acceptors (Lipinski definition) is 7. The molecule has 8 heteroatoms. The largest absolute Gasteiger partial charge is 0.467 e. The van der Waals surface area contributed by atoms with Crippen molar-refractivity contribution in [2.45, 2.75) is 47.6 Å². The summed E-state index contributed by atoms with van der Waals surface area (Å²) in [7, 11) is 1.30. The molecule has 1 aromatic carbocycles. The number of carbonyl (C=O) groups is 3. The molecule has 0 radical (unpaired) electrons. The molecule has 0 aliphatic heterocycles. The van der Waals surface area contributed by atoms with Crippen molar-refractivity contribution >= 4 is 40.1 Å². The molecule has 0 fully saturated rings. The van der Waals surface area contributed by atoms with Gasteiger partial charge in [0.25, 0.3) is 0 Å². The predicted molar refractivity (Wildman–Crippen MR) is 113 cm³/mol. The summed E-state index contributed by atoms with van der Waals surface area (Å²) >= 11 is 3.36. The van der Waals surface area contributed by atoms with Crippen LogP contribution in [0.15, 0.2) is 21.6 Å². The number of benzene rings is 1. The highest BCUT2D eigenvalue weighted by Gasteiger charge is 2.24. The van der Waals surface area contributed by atoms with Gasteiger partial charge in [0.15, 0.2) is 11.5 Å². The van der Waals surface area contributed by atoms with E-state index in [1.54, 1.807) is 39.8 Å². The second-order valence-electron chi connectivity index (χ2n) is 7.46. The van der Waals surface area contributed by atoms with E-state index in [0.717, 1.165) is 0 Å². The summed E-state index contributed by atoms with van der Waals surface area (Å²) in [6.45, 7) is 10.5. The first kappa shape index (κ1) is 24.8. The standard InChI is InChI=1S/C21H28BrNO6/c1-11(2)17(21(26)27-7)23-10-14-8-15(22)9-16(28-19(24)12(3)4)18(14)29-20(25)13(5)6/h8-13,17H,1-7H3. The van der Waals surface area contributed by atoms with Crippen LogP contribution in [0.5, 0.6) is 11.5 Å². The van der Waals surface area contributed by atoms with E-state index in [0.29, 0.717) is 10.0 Å². The summed E-state index contributed by atoms with van der Waals surface area (Å²) < 4.78 is 16.3. The summed E-state index contributed by atoms with van der Waals surface area (Å²) in [4.78, 5) is 40.6. The molecule has 0 saturated carbocycles. The van der Waals surface area contributed by atoms with E-state index in [-0.39, 0.29) is 23.3 Å². The minimum absolute atomic E-state index is 0.0667. The van der Waals surface area contributed by atoms with Gasteiger partial charge in [-0.1, -0.05) is 57.5 Å². The van der Waals surface area contributed by atoms with E-state index in [1.165, 1.54) is 13.3 Å². The number of nitrogens with zero attached hydrogens (tertiary/aromatic N) is 1. The van der Waals surface area contributed by atoms with Crippen LogP contribution in [0.3, 0.4) is 0 Å². The molecule has 29 heavy (non-hydrogen) atoms. The van der Waals surface area contributed by atoms with Crippen LogP contribution in [0.1, 0.15) is 47.1 Å². The molecule has 0 aliphatic carbocycles. The van der Waals surface area contributed by atoms with Crippen LogP contribution in [-0.2, 0) is 19.1 Å². The fourth-order valence-electron chi connectivity index (χ4n) is 2.10. The number of methoxy groups -OCH3 is 1. The predicted octanol–water partition coefficient (Wildman–Crippen LogP) is 4.19. The van der Waals surface area contributed by atoms with Gasteiger partial charge in [-0.25, -0.2) is 4.79 Å². The van der Waals surface area contributed by atoms with Gasteiger partial charge in [0.1, 0.15) is 6.04 Å². The zero-order valence-corrected chi connectivity index (χ0v) is 19.4. The van der Waals surface area contributed by atoms with Crippen molar-refractivity contribution in [2.75, 3.05) is 7.11 Å². The maximum atomic E-state index is 12.2. The van der Waals surface area contributed by atoms with E-state index in [1.807, 2.05) is 13.8 Å². The van der Waals surface area contributed by atoms with Gasteiger partial charge >= 0.3 is 17.9 Å². The Kier molecular flexibility index (Phi) is 9.49. The van der Waals surface area contributed by atoms with Gasteiger partial charge in [0.2, 0.25) is 0 Å². The van der Waals surface area contributed by atoms with E-state index in [2.05, 4.69) is 20.9 Å². The lowest BCUT2D eigenvalue weighted by Gasteiger charge is -2.17. The van der Waals surface area contributed by atoms with E-state index in [9.17, 15) is 14.4 Å². The fourth-order valence-corrected chi connectivity index (χ4v) is 2.56. The molecule has 1 aromatic rings. The molecule has 0 spiro atoms. The van der Waals surface area contributed by atoms with Crippen LogP contribution in [0.2, 0.25) is 0 Å². The maximum Gasteiger partial charge on any atom is 0.330 e. The molecule has 160 valence electrons. The van der Waals surface area contributed by atoms with Crippen molar-refractivity contribution in [1.29, 1.82) is 0 Å². The van der Waals surface area contributed by atoms with Gasteiger partial charge in [-0.2, -0.15) is 0 Å². The van der Waals surface area contributed by atoms with Gasteiger partial charge in [0, 0.05) is 16.3 Å². The molecule has 1 atom stereocenters. The molecular formula is C21H28BrNO6. The summed E-state index contributed by atoms with van der Waals surface area (Å²) in [6.07, 6.45) is 1.42. The molecule has 0 saturated heterocycles. The summed E-state index contributed by atoms with van der Waals surface area (Å²) in [6, 6.07) is 2.48. The minimum Gasteiger partial charge on any atom is -0.467 e. The van der Waals surface area contributed by atoms with Gasteiger partial charge in [0.05, 0.1) is 18.9 Å². The zero-order valence-electron chi connectivity index (χ0n) is 17.8. The van der Waals surface area contributed by atoms with Crippen molar-refractivity contribution in [3.63, 3.8) is 0 Å². The Morgan fingerprint density at radius 3 is 1.97 bits per heavy atom. The lowest BCUT2D eigenvalue weighted by Crippen LogP contribution is -2.26. The average Bonchev–Trinajstić information content (AvgIpc) is 2.63. The Morgan fingerprint density at radius 2 is 1.48 bits per heavy atom. The third-order valence-corrected chi connectivity index (χ3v) is 4.31. The van der Waals surface area contributed by atoms with Gasteiger partial charge < -0.3 is 14.2 Å². The second-order valence-corrected chi connectivity index (χ2v) is 8.38. The van der Waals surface area contributed by atoms with Crippen LogP contribution in [0.4, 0.5) is 0 Å². The highest BCUT2D eigenvalue weighted by Crippen LogP contribution is 2.35. The van der Waals surface area contributed by atoms with Crippen LogP contribution in [0, 0.1) is 17.8 Å². The van der Waals surface area contributed by atoms with Crippen LogP contribution < -0.4 is 9.47 Å². The van der Waals surface area contributed by atoms with Gasteiger partial charge in [-0.3, -0.25) is 14.6 Å². The molecule has 1 rings (SSSR count). The minimum atomic E-state index is -0.728. The third-order valence-electron chi connectivity index (χ3n) is 3.85. The Balaban J connectivity index is 3.48. The quantitative estimate of drug-likeness (QED) is 0.322. The first-order valence-electron chi connectivity index (χ1n) is 9.35. The Bertz CT molecular complexity index is 786. The fraction of sp³-hybridized carbons (Fsp3) is 0.524. The molecule has 0 aromatic heterocycles. The molecule has 0 N–H and O–H groups in total. The van der Waals surface area contributed by atoms with E-state index >= 15 is 0 Å². The number of hydrogen-bond donors (Lipinski definition) is 0. The first-order chi connectivity index (χ1) is 13.5. The number of carbonyl (C=O) groups excluding carboxylic acids is 3. The van der Waals surface area contributed by atoms with Crippen LogP contribution in [0.25, 0.3) is 0 Å². The van der Waals surface area contributed by atoms with Crippen molar-refractivity contribution < 1.29 is 28.6 Å². The Labute approximate surface area is 179 Å². The van der Waals surface area contributed by atoms with Crippen molar-refractivity contribution in [3.8, 4) is 11.5 Å². The summed E-state index contributed by atoms with van der Waals surface area (Å²) in [5, 5.41) is 0. The summed E-state index contributed by atoms with van der Waals surface area (Å²) in [5.41, 5.74) is 0.384. The highest BCUT2D eigenvalue weighted by molar-refractivity contribution is 9.10. The molecule has 0 amide bonds. The maximum absolute atomic E-state index is 12.2. The first-order valence-corrected chi connectivity index (χ1v) is 10.1. The van der Waals surface area contributed by atoms with Crippen molar-refractivity contribution in [2.24, 2.45) is 22.7 Å². The number of esters is 3. The molecule has 0 aliphatic rings. The van der Waals surface area contributed by atoms with E-state index < -0.39 is 29.9 Å². The van der Waals surface area contributed by atoms with Gasteiger partial charge in [-0.15, -0.1) is 0 Å². The topological polar surface area (TPSA) is 91.3 Å². The molecule has 0 bridgehead atoms. The smallest absolute Gasteiger partial charge is 0.330 e. The Morgan fingerprint density at radius 1 is 0.931 bits per heavy atom. The molecule has 0 heterocycles. The monoisotopic (exact) mass is 469 g/mol. The van der Waals surface area contributed by atoms with E-state index in [4.69, 9.17) is 14.2 Å². The lowest BCUT2D eigenvalue weighted by atomic mass is 10.1. The molecule has 1 unspecified atom stereocenters. The number of aliphatic imine (C=N–C) groups is 1. The Hall–Kier alpha value is -2.22. The molecule has 7 nitrogen and oxygen atoms in total.